The van der Waals surface area contributed by atoms with Gasteiger partial charge in [-0.25, -0.2) is 0 Å². The number of hydrogen-bond acceptors (Lipinski definition) is 5. The molecule has 0 saturated carbocycles. The molecule has 0 amide bonds. The Labute approximate surface area is 67.6 Å². The maximum atomic E-state index is 10.3. The second-order valence-electron chi connectivity index (χ2n) is 2.17. The van der Waals surface area contributed by atoms with Crippen molar-refractivity contribution in [2.24, 2.45) is 0 Å². The van der Waals surface area contributed by atoms with Crippen molar-refractivity contribution in [1.29, 1.82) is 0 Å². The summed E-state index contributed by atoms with van der Waals surface area (Å²) in [7, 11) is 3.49. The molecule has 0 aliphatic heterocycles. The Morgan fingerprint density at radius 2 is 2.36 bits per heavy atom. The van der Waals surface area contributed by atoms with Crippen LogP contribution in [0.15, 0.2) is 5.38 Å². The molecular formula is C5H7N3O2S. The van der Waals surface area contributed by atoms with Gasteiger partial charge in [0.25, 0.3) is 0 Å². The molecule has 1 aromatic rings. The minimum atomic E-state index is -0.480. The summed E-state index contributed by atoms with van der Waals surface area (Å²) in [5.41, 5.74) is 0.556. The van der Waals surface area contributed by atoms with E-state index in [0.29, 0.717) is 5.69 Å². The molecule has 0 bridgehead atoms. The number of nitrogens with zero attached hydrogens (tertiary/aromatic N) is 3. The predicted octanol–water partition coefficient (Wildman–Crippen LogP) is 1.12. The molecule has 1 aromatic heterocycles. The van der Waals surface area contributed by atoms with Gasteiger partial charge in [-0.3, -0.25) is 0 Å². The van der Waals surface area contributed by atoms with Crippen molar-refractivity contribution in [2.45, 2.75) is 0 Å². The summed E-state index contributed by atoms with van der Waals surface area (Å²) in [6, 6.07) is 0. The average molecular weight is 173 g/mol. The molecule has 11 heavy (non-hydrogen) atoms. The predicted molar refractivity (Wildman–Crippen MR) is 43.1 cm³/mol. The fourth-order valence-electron chi connectivity index (χ4n) is 0.658. The average Bonchev–Trinajstić information content (AvgIpc) is 2.32. The van der Waals surface area contributed by atoms with Crippen LogP contribution in [0.25, 0.3) is 0 Å². The first-order valence-corrected chi connectivity index (χ1v) is 3.72. The van der Waals surface area contributed by atoms with Gasteiger partial charge in [-0.1, -0.05) is 0 Å². The SMILES string of the molecule is CN(C)c1csnc1[N+](=O)[O-]. The molecule has 5 nitrogen and oxygen atoms in total. The van der Waals surface area contributed by atoms with Gasteiger partial charge >= 0.3 is 5.82 Å². The van der Waals surface area contributed by atoms with Crippen molar-refractivity contribution in [1.82, 2.24) is 4.37 Å². The molecule has 1 rings (SSSR count). The maximum Gasteiger partial charge on any atom is 0.401 e. The molecule has 0 saturated heterocycles. The zero-order valence-electron chi connectivity index (χ0n) is 6.14. The van der Waals surface area contributed by atoms with Crippen LogP contribution in [0, 0.1) is 10.1 Å². The first kappa shape index (κ1) is 7.93. The van der Waals surface area contributed by atoms with Gasteiger partial charge in [-0.05, 0) is 4.92 Å². The van der Waals surface area contributed by atoms with Gasteiger partial charge in [0.2, 0.25) is 0 Å². The van der Waals surface area contributed by atoms with E-state index in [0.717, 1.165) is 11.5 Å². The summed E-state index contributed by atoms with van der Waals surface area (Å²) in [5.74, 6) is -0.0694. The lowest BCUT2D eigenvalue weighted by molar-refractivity contribution is -0.388. The highest BCUT2D eigenvalue weighted by Gasteiger charge is 2.18. The molecule has 0 aromatic carbocycles. The second-order valence-corrected chi connectivity index (χ2v) is 2.80. The zero-order chi connectivity index (χ0) is 8.43. The summed E-state index contributed by atoms with van der Waals surface area (Å²) >= 11 is 1.09. The van der Waals surface area contributed by atoms with Gasteiger partial charge in [-0.15, -0.1) is 0 Å². The van der Waals surface area contributed by atoms with E-state index in [2.05, 4.69) is 4.37 Å². The van der Waals surface area contributed by atoms with E-state index in [1.807, 2.05) is 0 Å². The summed E-state index contributed by atoms with van der Waals surface area (Å²) in [6.07, 6.45) is 0. The van der Waals surface area contributed by atoms with Crippen molar-refractivity contribution in [3.05, 3.63) is 15.5 Å². The summed E-state index contributed by atoms with van der Waals surface area (Å²) in [5, 5.41) is 12.0. The highest BCUT2D eigenvalue weighted by molar-refractivity contribution is 7.04. The Bertz CT molecular complexity index is 270. The van der Waals surface area contributed by atoms with Crippen molar-refractivity contribution in [3.63, 3.8) is 0 Å². The lowest BCUT2D eigenvalue weighted by atomic mass is 10.5. The highest BCUT2D eigenvalue weighted by Crippen LogP contribution is 2.26. The molecule has 0 spiro atoms. The fraction of sp³-hybridized carbons (Fsp3) is 0.400. The van der Waals surface area contributed by atoms with Gasteiger partial charge in [0, 0.05) is 18.5 Å². The minimum absolute atomic E-state index is 0.0694. The summed E-state index contributed by atoms with van der Waals surface area (Å²) in [4.78, 5) is 11.5. The first-order valence-electron chi connectivity index (χ1n) is 2.89. The van der Waals surface area contributed by atoms with Crippen LogP contribution in [-0.4, -0.2) is 23.4 Å². The lowest BCUT2D eigenvalue weighted by Gasteiger charge is -2.06. The molecule has 0 aliphatic carbocycles. The third-order valence-electron chi connectivity index (χ3n) is 1.19. The van der Waals surface area contributed by atoms with E-state index < -0.39 is 4.92 Å². The van der Waals surface area contributed by atoms with Gasteiger partial charge < -0.3 is 15.0 Å². The monoisotopic (exact) mass is 173 g/mol. The molecule has 1 heterocycles. The number of hydrogen-bond donors (Lipinski definition) is 0. The molecule has 0 N–H and O–H groups in total. The molecule has 6 heteroatoms. The van der Waals surface area contributed by atoms with E-state index in [-0.39, 0.29) is 5.82 Å². The largest absolute Gasteiger partial charge is 0.401 e. The Hall–Kier alpha value is -1.17. The molecule has 0 unspecified atom stereocenters. The summed E-state index contributed by atoms with van der Waals surface area (Å²) < 4.78 is 3.64. The molecular weight excluding hydrogens is 166 g/mol. The standard InChI is InChI=1S/C5H7N3O2S/c1-7(2)4-3-11-6-5(4)8(9)10/h3H,1-2H3. The van der Waals surface area contributed by atoms with Gasteiger partial charge in [0.1, 0.15) is 0 Å². The number of nitro groups is 1. The van der Waals surface area contributed by atoms with Crippen LogP contribution in [-0.2, 0) is 0 Å². The molecule has 0 aliphatic rings. The van der Waals surface area contributed by atoms with E-state index in [1.165, 1.54) is 0 Å². The third kappa shape index (κ3) is 1.45. The van der Waals surface area contributed by atoms with Crippen LogP contribution in [0.4, 0.5) is 11.5 Å². The Morgan fingerprint density at radius 3 is 2.73 bits per heavy atom. The van der Waals surface area contributed by atoms with Crippen molar-refractivity contribution in [2.75, 3.05) is 19.0 Å². The normalized spacial score (nSPS) is 9.64. The van der Waals surface area contributed by atoms with Crippen LogP contribution < -0.4 is 4.90 Å². The smallest absolute Gasteiger partial charge is 0.370 e. The van der Waals surface area contributed by atoms with Crippen LogP contribution in [0.5, 0.6) is 0 Å². The molecule has 0 atom stereocenters. The fourth-order valence-corrected chi connectivity index (χ4v) is 1.39. The highest BCUT2D eigenvalue weighted by atomic mass is 32.1. The third-order valence-corrected chi connectivity index (χ3v) is 1.79. The Morgan fingerprint density at radius 1 is 1.73 bits per heavy atom. The molecule has 0 radical (unpaired) electrons. The van der Waals surface area contributed by atoms with Gasteiger partial charge in [-0.2, -0.15) is 0 Å². The van der Waals surface area contributed by atoms with E-state index in [4.69, 9.17) is 0 Å². The lowest BCUT2D eigenvalue weighted by Crippen LogP contribution is -2.09. The Kier molecular flexibility index (Phi) is 2.04. The van der Waals surface area contributed by atoms with Crippen LogP contribution in [0.1, 0.15) is 0 Å². The Balaban J connectivity index is 3.06. The first-order chi connectivity index (χ1) is 5.13. The van der Waals surface area contributed by atoms with E-state index in [1.54, 1.807) is 24.4 Å². The van der Waals surface area contributed by atoms with Crippen molar-refractivity contribution in [3.8, 4) is 0 Å². The van der Waals surface area contributed by atoms with Gasteiger partial charge in [0.05, 0.1) is 16.9 Å². The molecule has 0 fully saturated rings. The summed E-state index contributed by atoms with van der Waals surface area (Å²) in [6.45, 7) is 0. The van der Waals surface area contributed by atoms with Crippen molar-refractivity contribution < 1.29 is 4.92 Å². The van der Waals surface area contributed by atoms with E-state index in [9.17, 15) is 10.1 Å². The second kappa shape index (κ2) is 2.83. The topological polar surface area (TPSA) is 59.3 Å². The quantitative estimate of drug-likeness (QED) is 0.496. The maximum absolute atomic E-state index is 10.3. The number of aromatic nitrogens is 1. The van der Waals surface area contributed by atoms with E-state index >= 15 is 0 Å². The van der Waals surface area contributed by atoms with Crippen LogP contribution in [0.2, 0.25) is 0 Å². The number of rotatable bonds is 2. The minimum Gasteiger partial charge on any atom is -0.370 e. The molecule has 60 valence electrons. The zero-order valence-corrected chi connectivity index (χ0v) is 6.96. The van der Waals surface area contributed by atoms with Crippen LogP contribution in [0.3, 0.4) is 0 Å². The van der Waals surface area contributed by atoms with Gasteiger partial charge in [0.15, 0.2) is 5.69 Å². The van der Waals surface area contributed by atoms with Crippen molar-refractivity contribution >= 4 is 23.0 Å². The van der Waals surface area contributed by atoms with Crippen LogP contribution >= 0.6 is 11.5 Å². The number of anilines is 1.